The quantitative estimate of drug-likeness (QED) is 0.778. The number of aromatic nitrogens is 3. The molecule has 0 atom stereocenters. The lowest BCUT2D eigenvalue weighted by molar-refractivity contribution is -0.130. The Hall–Kier alpha value is -3.03. The minimum absolute atomic E-state index is 0.0437. The van der Waals surface area contributed by atoms with Crippen LogP contribution in [0.15, 0.2) is 36.8 Å². The summed E-state index contributed by atoms with van der Waals surface area (Å²) in [5, 5.41) is 0. The van der Waals surface area contributed by atoms with E-state index in [1.54, 1.807) is 41.4 Å². The van der Waals surface area contributed by atoms with Crippen molar-refractivity contribution in [2.75, 3.05) is 44.7 Å². The molecule has 2 amide bonds. The maximum atomic E-state index is 12.7. The summed E-state index contributed by atoms with van der Waals surface area (Å²) in [4.78, 5) is 42.3. The van der Waals surface area contributed by atoms with E-state index in [-0.39, 0.29) is 11.8 Å². The van der Waals surface area contributed by atoms with Gasteiger partial charge in [0, 0.05) is 65.3 Å². The van der Waals surface area contributed by atoms with E-state index in [4.69, 9.17) is 0 Å². The van der Waals surface area contributed by atoms with Crippen molar-refractivity contribution in [3.05, 3.63) is 48.0 Å². The Bertz CT molecular complexity index is 790. The third-order valence-electron chi connectivity index (χ3n) is 4.70. The number of pyridine rings is 1. The Morgan fingerprint density at radius 3 is 2.37 bits per heavy atom. The molecule has 27 heavy (non-hydrogen) atoms. The van der Waals surface area contributed by atoms with Crippen LogP contribution in [0.4, 0.5) is 5.95 Å². The lowest BCUT2D eigenvalue weighted by Crippen LogP contribution is -2.50. The van der Waals surface area contributed by atoms with Crippen LogP contribution < -0.4 is 4.90 Å². The van der Waals surface area contributed by atoms with Crippen LogP contribution in [0.25, 0.3) is 0 Å². The maximum absolute atomic E-state index is 12.7. The number of anilines is 1. The number of amides is 2. The van der Waals surface area contributed by atoms with Gasteiger partial charge in [-0.05, 0) is 30.2 Å². The van der Waals surface area contributed by atoms with Gasteiger partial charge >= 0.3 is 0 Å². The average molecular weight is 368 g/mol. The van der Waals surface area contributed by atoms with Gasteiger partial charge < -0.3 is 14.7 Å². The third kappa shape index (κ3) is 4.78. The monoisotopic (exact) mass is 368 g/mol. The summed E-state index contributed by atoms with van der Waals surface area (Å²) in [6.07, 6.45) is 6.01. The zero-order valence-corrected chi connectivity index (χ0v) is 15.7. The van der Waals surface area contributed by atoms with E-state index in [9.17, 15) is 9.59 Å². The molecular weight excluding hydrogens is 344 g/mol. The molecule has 0 saturated carbocycles. The molecule has 142 valence electrons. The molecule has 3 heterocycles. The third-order valence-corrected chi connectivity index (χ3v) is 4.70. The standard InChI is InChI=1S/C19H24N6O2/c1-15(26)24-11-13-25(14-12-24)18(27)17-5-9-21-19(22-17)23(2)10-6-16-3-7-20-8-4-16/h3-5,7-9H,6,10-14H2,1-2H3. The van der Waals surface area contributed by atoms with Gasteiger partial charge in [0.25, 0.3) is 5.91 Å². The first kappa shape index (κ1) is 18.8. The largest absolute Gasteiger partial charge is 0.344 e. The average Bonchev–Trinajstić information content (AvgIpc) is 2.72. The fraction of sp³-hybridized carbons (Fsp3) is 0.421. The molecule has 1 saturated heterocycles. The first-order chi connectivity index (χ1) is 13.0. The minimum atomic E-state index is -0.121. The number of carbonyl (C=O) groups excluding carboxylic acids is 2. The van der Waals surface area contributed by atoms with E-state index in [0.29, 0.717) is 37.8 Å². The van der Waals surface area contributed by atoms with E-state index in [2.05, 4.69) is 15.0 Å². The summed E-state index contributed by atoms with van der Waals surface area (Å²) in [6.45, 7) is 4.45. The Balaban J connectivity index is 1.61. The Kier molecular flexibility index (Phi) is 5.95. The highest BCUT2D eigenvalue weighted by atomic mass is 16.2. The van der Waals surface area contributed by atoms with E-state index >= 15 is 0 Å². The fourth-order valence-corrected chi connectivity index (χ4v) is 2.98. The van der Waals surface area contributed by atoms with E-state index in [1.165, 1.54) is 5.56 Å². The molecule has 0 spiro atoms. The molecule has 3 rings (SSSR count). The fourth-order valence-electron chi connectivity index (χ4n) is 2.98. The summed E-state index contributed by atoms with van der Waals surface area (Å²) in [5.41, 5.74) is 1.57. The van der Waals surface area contributed by atoms with Crippen molar-refractivity contribution >= 4 is 17.8 Å². The Morgan fingerprint density at radius 2 is 1.70 bits per heavy atom. The number of hydrogen-bond acceptors (Lipinski definition) is 6. The number of piperazine rings is 1. The smallest absolute Gasteiger partial charge is 0.272 e. The number of rotatable bonds is 5. The van der Waals surface area contributed by atoms with Crippen molar-refractivity contribution in [2.45, 2.75) is 13.3 Å². The zero-order valence-electron chi connectivity index (χ0n) is 15.7. The second kappa shape index (κ2) is 8.57. The predicted octanol–water partition coefficient (Wildman–Crippen LogP) is 0.855. The maximum Gasteiger partial charge on any atom is 0.272 e. The molecule has 0 aliphatic carbocycles. The highest BCUT2D eigenvalue weighted by Gasteiger charge is 2.24. The predicted molar refractivity (Wildman–Crippen MR) is 101 cm³/mol. The number of carbonyl (C=O) groups is 2. The lowest BCUT2D eigenvalue weighted by atomic mass is 10.2. The first-order valence-corrected chi connectivity index (χ1v) is 9.02. The number of hydrogen-bond donors (Lipinski definition) is 0. The molecule has 0 unspecified atom stereocenters. The van der Waals surface area contributed by atoms with Crippen molar-refractivity contribution in [3.63, 3.8) is 0 Å². The van der Waals surface area contributed by atoms with Gasteiger partial charge in [0.1, 0.15) is 5.69 Å². The highest BCUT2D eigenvalue weighted by Crippen LogP contribution is 2.11. The molecule has 0 bridgehead atoms. The first-order valence-electron chi connectivity index (χ1n) is 9.02. The molecule has 0 radical (unpaired) electrons. The summed E-state index contributed by atoms with van der Waals surface area (Å²) >= 11 is 0. The van der Waals surface area contributed by atoms with Gasteiger partial charge in [-0.15, -0.1) is 0 Å². The van der Waals surface area contributed by atoms with Crippen molar-refractivity contribution < 1.29 is 9.59 Å². The molecule has 1 aliphatic heterocycles. The van der Waals surface area contributed by atoms with Gasteiger partial charge in [0.15, 0.2) is 0 Å². The summed E-state index contributed by atoms with van der Waals surface area (Å²) in [7, 11) is 1.91. The highest BCUT2D eigenvalue weighted by molar-refractivity contribution is 5.92. The minimum Gasteiger partial charge on any atom is -0.344 e. The van der Waals surface area contributed by atoms with E-state index in [0.717, 1.165) is 13.0 Å². The molecule has 1 fully saturated rings. The molecule has 0 aromatic carbocycles. The summed E-state index contributed by atoms with van der Waals surface area (Å²) in [6, 6.07) is 5.60. The molecule has 8 heteroatoms. The van der Waals surface area contributed by atoms with Crippen LogP contribution in [0.5, 0.6) is 0 Å². The van der Waals surface area contributed by atoms with Crippen LogP contribution in [0.2, 0.25) is 0 Å². The second-order valence-electron chi connectivity index (χ2n) is 6.57. The Labute approximate surface area is 158 Å². The van der Waals surface area contributed by atoms with Crippen LogP contribution >= 0.6 is 0 Å². The molecule has 2 aromatic heterocycles. The molecular formula is C19H24N6O2. The topological polar surface area (TPSA) is 82.5 Å². The van der Waals surface area contributed by atoms with Gasteiger partial charge in [0.2, 0.25) is 11.9 Å². The van der Waals surface area contributed by atoms with Crippen LogP contribution in [0.3, 0.4) is 0 Å². The van der Waals surface area contributed by atoms with E-state index < -0.39 is 0 Å². The van der Waals surface area contributed by atoms with Crippen molar-refractivity contribution in [3.8, 4) is 0 Å². The van der Waals surface area contributed by atoms with Crippen LogP contribution in [0, 0.1) is 0 Å². The lowest BCUT2D eigenvalue weighted by Gasteiger charge is -2.34. The molecule has 0 N–H and O–H groups in total. The van der Waals surface area contributed by atoms with Crippen molar-refractivity contribution in [2.24, 2.45) is 0 Å². The van der Waals surface area contributed by atoms with Crippen LogP contribution in [-0.2, 0) is 11.2 Å². The number of nitrogens with zero attached hydrogens (tertiary/aromatic N) is 6. The second-order valence-corrected chi connectivity index (χ2v) is 6.57. The molecule has 8 nitrogen and oxygen atoms in total. The van der Waals surface area contributed by atoms with E-state index in [1.807, 2.05) is 24.1 Å². The van der Waals surface area contributed by atoms with Gasteiger partial charge in [0.05, 0.1) is 0 Å². The van der Waals surface area contributed by atoms with Crippen LogP contribution in [-0.4, -0.2) is 76.3 Å². The van der Waals surface area contributed by atoms with Gasteiger partial charge in [-0.25, -0.2) is 9.97 Å². The van der Waals surface area contributed by atoms with Crippen molar-refractivity contribution in [1.29, 1.82) is 0 Å². The van der Waals surface area contributed by atoms with Crippen LogP contribution in [0.1, 0.15) is 23.0 Å². The molecule has 1 aliphatic rings. The normalized spacial score (nSPS) is 14.1. The number of likely N-dealkylation sites (N-methyl/N-ethyl adjacent to an activating group) is 1. The summed E-state index contributed by atoms with van der Waals surface area (Å²) < 4.78 is 0. The summed E-state index contributed by atoms with van der Waals surface area (Å²) in [5.74, 6) is 0.448. The van der Waals surface area contributed by atoms with Gasteiger partial charge in [-0.1, -0.05) is 0 Å². The molecule has 2 aromatic rings. The SMILES string of the molecule is CC(=O)N1CCN(C(=O)c2ccnc(N(C)CCc3ccncc3)n2)CC1. The van der Waals surface area contributed by atoms with Gasteiger partial charge in [-0.2, -0.15) is 0 Å². The van der Waals surface area contributed by atoms with Gasteiger partial charge in [-0.3, -0.25) is 14.6 Å². The Morgan fingerprint density at radius 1 is 1.04 bits per heavy atom. The zero-order chi connectivity index (χ0) is 19.2. The van der Waals surface area contributed by atoms with Crippen molar-refractivity contribution in [1.82, 2.24) is 24.8 Å².